The van der Waals surface area contributed by atoms with Crippen molar-refractivity contribution >= 4 is 60.9 Å². The molecule has 5 aliphatic rings. The van der Waals surface area contributed by atoms with E-state index in [1.54, 1.807) is 11.1 Å². The zero-order valence-electron chi connectivity index (χ0n) is 71.0. The Morgan fingerprint density at radius 1 is 0.250 bits per heavy atom. The highest BCUT2D eigenvalue weighted by Gasteiger charge is 2.50. The molecule has 22 rings (SSSR count). The second kappa shape index (κ2) is 27.9. The van der Waals surface area contributed by atoms with Gasteiger partial charge in [0.05, 0.1) is 5.69 Å². The van der Waals surface area contributed by atoms with Crippen LogP contribution in [0.3, 0.4) is 0 Å². The number of furan rings is 2. The molecule has 2 aromatic heterocycles. The van der Waals surface area contributed by atoms with Crippen molar-refractivity contribution in [1.82, 2.24) is 0 Å². The minimum atomic E-state index is -0.450. The third-order valence-electron chi connectivity index (χ3n) is 29.3. The van der Waals surface area contributed by atoms with Crippen molar-refractivity contribution in [3.8, 4) is 111 Å². The fraction of sp³-hybridized carbons (Fsp3) is 0.231. The van der Waals surface area contributed by atoms with Crippen LogP contribution in [0.5, 0.6) is 0 Å². The van der Waals surface area contributed by atoms with E-state index < -0.39 is 10.8 Å². The van der Waals surface area contributed by atoms with E-state index in [0.717, 1.165) is 88.9 Å². The van der Waals surface area contributed by atoms with Crippen LogP contribution in [0, 0.1) is 0 Å². The third-order valence-corrected chi connectivity index (χ3v) is 29.3. The lowest BCUT2D eigenvalue weighted by molar-refractivity contribution is 0.399. The van der Waals surface area contributed by atoms with Crippen molar-refractivity contribution in [2.75, 3.05) is 4.90 Å². The number of para-hydroxylation sites is 3. The maximum Gasteiger partial charge on any atom is 0.144 e. The third kappa shape index (κ3) is 11.0. The molecule has 15 aromatic carbocycles. The maximum absolute atomic E-state index is 7.25. The number of nitrogens with zero attached hydrogens (tertiary/aromatic N) is 1. The molecular formula is C117H103NO2. The highest BCUT2D eigenvalue weighted by Crippen LogP contribution is 2.66. The Balaban J connectivity index is 0.635. The van der Waals surface area contributed by atoms with Crippen LogP contribution in [0.25, 0.3) is 155 Å². The fourth-order valence-corrected chi connectivity index (χ4v) is 23.3. The lowest BCUT2D eigenvalue weighted by Crippen LogP contribution is -2.25. The van der Waals surface area contributed by atoms with Gasteiger partial charge in [0.2, 0.25) is 0 Å². The summed E-state index contributed by atoms with van der Waals surface area (Å²) >= 11 is 0. The van der Waals surface area contributed by atoms with E-state index in [1.165, 1.54) is 205 Å². The minimum Gasteiger partial charge on any atom is -0.455 e. The van der Waals surface area contributed by atoms with Crippen molar-refractivity contribution in [2.24, 2.45) is 0 Å². The molecule has 120 heavy (non-hydrogen) atoms. The van der Waals surface area contributed by atoms with Crippen molar-refractivity contribution in [2.45, 2.75) is 173 Å². The average molecular weight is 1560 g/mol. The smallest absolute Gasteiger partial charge is 0.144 e. The number of hydrogen-bond acceptors (Lipinski definition) is 3. The standard InChI is InChI=1S/C117H103NO2/c1-11-13-15-17-33-64-117(65-34-18-16-14-12-2)94-47-30-25-40-83(94)86-61-56-78(68-99(86)117)77-55-60-85-84-59-54-76(66-95(84)113(3,4)96(85)67-77)72-50-52-75(53-51-72)92-71-100-103(105-90-42-27-31-48-101(90)119-111(92)105)88-62-57-79(69-97(88)114(100,5)6)118(110-81(73-36-21-19-22-37-73)44-35-45-82(110)74-38-23-20-24-39-74)80-58-63-89-98(70-80)116(9,10)109-107(89)112-106(91-43-28-32-49-102(91)120-112)104-87-41-26-29-46-93(87)115(7,8)108(104)109/h19-32,35-63,66-71H,11-18,33-34,64-65H2,1-10H3. The summed E-state index contributed by atoms with van der Waals surface area (Å²) in [6, 6.07) is 114. The number of anilines is 3. The Hall–Kier alpha value is -12.3. The molecule has 3 heteroatoms. The van der Waals surface area contributed by atoms with Crippen LogP contribution in [-0.2, 0) is 27.1 Å². The first-order valence-corrected chi connectivity index (χ1v) is 44.6. The Kier molecular flexibility index (Phi) is 17.2. The van der Waals surface area contributed by atoms with Crippen LogP contribution in [0.4, 0.5) is 17.1 Å². The van der Waals surface area contributed by atoms with Gasteiger partial charge in [-0.3, -0.25) is 0 Å². The molecule has 0 fully saturated rings. The first kappa shape index (κ1) is 74.0. The molecule has 0 atom stereocenters. The van der Waals surface area contributed by atoms with Gasteiger partial charge < -0.3 is 13.7 Å². The topological polar surface area (TPSA) is 29.5 Å². The first-order valence-electron chi connectivity index (χ1n) is 44.6. The van der Waals surface area contributed by atoms with Gasteiger partial charge in [-0.15, -0.1) is 0 Å². The van der Waals surface area contributed by atoms with Crippen LogP contribution >= 0.6 is 0 Å². The molecule has 5 aliphatic carbocycles. The molecular weight excluding hydrogens is 1450 g/mol. The van der Waals surface area contributed by atoms with Gasteiger partial charge in [0.25, 0.3) is 0 Å². The summed E-state index contributed by atoms with van der Waals surface area (Å²) in [5, 5.41) is 4.66. The van der Waals surface area contributed by atoms with Crippen LogP contribution in [0.2, 0.25) is 0 Å². The normalized spacial score (nSPS) is 15.2. The quantitative estimate of drug-likeness (QED) is 0.0712. The van der Waals surface area contributed by atoms with E-state index in [-0.39, 0.29) is 16.2 Å². The second-order valence-electron chi connectivity index (χ2n) is 37.5. The molecule has 0 aliphatic heterocycles. The van der Waals surface area contributed by atoms with Gasteiger partial charge in [0, 0.05) is 82.2 Å². The van der Waals surface area contributed by atoms with Crippen LogP contribution in [-0.4, -0.2) is 0 Å². The van der Waals surface area contributed by atoms with Crippen molar-refractivity contribution in [3.63, 3.8) is 0 Å². The van der Waals surface area contributed by atoms with E-state index in [9.17, 15) is 0 Å². The molecule has 17 aromatic rings. The summed E-state index contributed by atoms with van der Waals surface area (Å²) in [6.45, 7) is 24.3. The molecule has 0 unspecified atom stereocenters. The van der Waals surface area contributed by atoms with E-state index in [1.807, 2.05) is 0 Å². The Bertz CT molecular complexity index is 6980. The van der Waals surface area contributed by atoms with E-state index in [2.05, 4.69) is 371 Å². The Morgan fingerprint density at radius 3 is 1.23 bits per heavy atom. The summed E-state index contributed by atoms with van der Waals surface area (Å²) < 4.78 is 14.5. The summed E-state index contributed by atoms with van der Waals surface area (Å²) in [6.07, 6.45) is 15.4. The highest BCUT2D eigenvalue weighted by atomic mass is 16.3. The molecule has 3 nitrogen and oxygen atoms in total. The van der Waals surface area contributed by atoms with Crippen LogP contribution < -0.4 is 4.90 Å². The molecule has 0 spiro atoms. The molecule has 0 saturated carbocycles. The lowest BCUT2D eigenvalue weighted by atomic mass is 9.70. The number of benzene rings is 15. The minimum absolute atomic E-state index is 0.0361. The SMILES string of the molecule is CCCCCCCC1(CCCCCCC)c2ccccc2-c2ccc(-c3ccc4c(c3)C(C)(C)c3cc(-c5ccc(-c6cc7c(c8c6oc6ccccc68)-c6ccc(N(c8ccc9c(c8)C(C)(C)c8c%10c(c%11c(oc%12ccccc%12%11)c8-9)-c8ccccc8C%10(C)C)c8c(-c9ccccc9)cccc8-c8ccccc8)cc6C7(C)C)cc5)ccc3-4)cc21. The molecule has 2 heterocycles. The van der Waals surface area contributed by atoms with Gasteiger partial charge in [0.15, 0.2) is 0 Å². The molecule has 0 radical (unpaired) electrons. The predicted octanol–water partition coefficient (Wildman–Crippen LogP) is 33.5. The number of fused-ring (bicyclic) bond motifs is 25. The lowest BCUT2D eigenvalue weighted by Gasteiger charge is -2.33. The summed E-state index contributed by atoms with van der Waals surface area (Å²) in [7, 11) is 0. The van der Waals surface area contributed by atoms with E-state index in [0.29, 0.717) is 0 Å². The zero-order chi connectivity index (χ0) is 81.3. The summed E-state index contributed by atoms with van der Waals surface area (Å²) in [5.41, 5.74) is 44.5. The zero-order valence-corrected chi connectivity index (χ0v) is 71.0. The second-order valence-corrected chi connectivity index (χ2v) is 37.5. The summed E-state index contributed by atoms with van der Waals surface area (Å²) in [4.78, 5) is 2.60. The van der Waals surface area contributed by atoms with Gasteiger partial charge >= 0.3 is 0 Å². The molecule has 0 amide bonds. The maximum atomic E-state index is 7.25. The van der Waals surface area contributed by atoms with Gasteiger partial charge in [-0.05, 0) is 218 Å². The Labute approximate surface area is 707 Å². The fourth-order valence-electron chi connectivity index (χ4n) is 23.3. The number of hydrogen-bond donors (Lipinski definition) is 0. The van der Waals surface area contributed by atoms with E-state index >= 15 is 0 Å². The van der Waals surface area contributed by atoms with Gasteiger partial charge in [-0.1, -0.05) is 370 Å². The molecule has 0 bridgehead atoms. The van der Waals surface area contributed by atoms with Crippen molar-refractivity contribution < 1.29 is 8.83 Å². The van der Waals surface area contributed by atoms with Gasteiger partial charge in [-0.2, -0.15) is 0 Å². The highest BCUT2D eigenvalue weighted by molar-refractivity contribution is 6.22. The molecule has 588 valence electrons. The summed E-state index contributed by atoms with van der Waals surface area (Å²) in [5.74, 6) is 0. The van der Waals surface area contributed by atoms with Crippen LogP contribution in [0.1, 0.15) is 202 Å². The molecule has 0 saturated heterocycles. The Morgan fingerprint density at radius 2 is 0.642 bits per heavy atom. The predicted molar refractivity (Wildman–Crippen MR) is 506 cm³/mol. The van der Waals surface area contributed by atoms with Crippen LogP contribution in [0.15, 0.2) is 306 Å². The number of rotatable bonds is 20. The van der Waals surface area contributed by atoms with Crippen molar-refractivity contribution in [1.29, 1.82) is 0 Å². The largest absolute Gasteiger partial charge is 0.455 e. The molecule has 0 N–H and O–H groups in total. The number of unbranched alkanes of at least 4 members (excludes halogenated alkanes) is 8. The van der Waals surface area contributed by atoms with Crippen molar-refractivity contribution in [3.05, 3.63) is 353 Å². The van der Waals surface area contributed by atoms with E-state index in [4.69, 9.17) is 8.83 Å². The first-order chi connectivity index (χ1) is 58.5. The van der Waals surface area contributed by atoms with Gasteiger partial charge in [-0.25, -0.2) is 0 Å². The average Bonchev–Trinajstić information content (AvgIpc) is 1.50. The van der Waals surface area contributed by atoms with Gasteiger partial charge in [0.1, 0.15) is 22.3 Å². The monoisotopic (exact) mass is 1550 g/mol.